The van der Waals surface area contributed by atoms with Crippen molar-refractivity contribution in [2.45, 2.75) is 11.4 Å². The van der Waals surface area contributed by atoms with Crippen LogP contribution >= 0.6 is 0 Å². The third-order valence-corrected chi connectivity index (χ3v) is 7.06. The molecular formula is C29H23N3O4S. The van der Waals surface area contributed by atoms with Gasteiger partial charge < -0.3 is 5.32 Å². The highest BCUT2D eigenvalue weighted by Crippen LogP contribution is 2.31. The lowest BCUT2D eigenvalue weighted by molar-refractivity contribution is -0.114. The number of primary sulfonamides is 1. The maximum absolute atomic E-state index is 12.7. The van der Waals surface area contributed by atoms with Crippen molar-refractivity contribution in [2.75, 3.05) is 0 Å². The van der Waals surface area contributed by atoms with Crippen LogP contribution in [0.25, 0.3) is 27.8 Å². The first kappa shape index (κ1) is 24.2. The maximum atomic E-state index is 12.7. The molecular weight excluding hydrogens is 486 g/mol. The zero-order chi connectivity index (χ0) is 26.0. The molecule has 0 atom stereocenters. The molecule has 2 amide bonds. The number of nitrogens with two attached hydrogens (primary N) is 1. The van der Waals surface area contributed by atoms with E-state index in [1.807, 2.05) is 60.7 Å². The van der Waals surface area contributed by atoms with Gasteiger partial charge in [0.05, 0.1) is 10.5 Å². The number of fused-ring (bicyclic) bond motifs is 1. The van der Waals surface area contributed by atoms with Crippen molar-refractivity contribution in [1.82, 2.24) is 10.6 Å². The number of benzene rings is 4. The Labute approximate surface area is 214 Å². The van der Waals surface area contributed by atoms with E-state index in [0.717, 1.165) is 27.8 Å². The normalized spacial score (nSPS) is 14.2. The van der Waals surface area contributed by atoms with Crippen molar-refractivity contribution < 1.29 is 18.0 Å². The molecule has 4 aromatic rings. The van der Waals surface area contributed by atoms with E-state index in [9.17, 15) is 18.0 Å². The van der Waals surface area contributed by atoms with Gasteiger partial charge in [-0.05, 0) is 58.1 Å². The van der Waals surface area contributed by atoms with Crippen LogP contribution in [0.1, 0.15) is 21.5 Å². The summed E-state index contributed by atoms with van der Waals surface area (Å²) in [4.78, 5) is 25.3. The van der Waals surface area contributed by atoms with Crippen LogP contribution < -0.4 is 15.8 Å². The van der Waals surface area contributed by atoms with Gasteiger partial charge in [-0.15, -0.1) is 0 Å². The highest BCUT2D eigenvalue weighted by atomic mass is 32.2. The molecule has 7 nitrogen and oxygen atoms in total. The molecule has 0 saturated carbocycles. The Morgan fingerprint density at radius 2 is 1.35 bits per heavy atom. The minimum Gasteiger partial charge on any atom is -0.386 e. The summed E-state index contributed by atoms with van der Waals surface area (Å²) in [6, 6.07) is 29.7. The highest BCUT2D eigenvalue weighted by Gasteiger charge is 2.27. The lowest BCUT2D eigenvalue weighted by Crippen LogP contribution is -2.37. The van der Waals surface area contributed by atoms with E-state index in [2.05, 4.69) is 16.7 Å². The van der Waals surface area contributed by atoms with Gasteiger partial charge in [-0.25, -0.2) is 13.6 Å². The molecule has 0 aromatic heterocycles. The van der Waals surface area contributed by atoms with Crippen molar-refractivity contribution in [3.05, 3.63) is 120 Å². The van der Waals surface area contributed by atoms with Gasteiger partial charge in [0.1, 0.15) is 0 Å². The fraction of sp³-hybridized carbons (Fsp3) is 0.0345. The molecule has 0 saturated heterocycles. The fourth-order valence-electron chi connectivity index (χ4n) is 4.22. The quantitative estimate of drug-likeness (QED) is 0.268. The Balaban J connectivity index is 1.44. The number of carbonyl (C=O) groups is 2. The first-order valence-electron chi connectivity index (χ1n) is 11.5. The third-order valence-electron chi connectivity index (χ3n) is 6.13. The molecule has 1 aliphatic heterocycles. The second-order valence-corrected chi connectivity index (χ2v) is 10.2. The Hall–Kier alpha value is -4.53. The average Bonchev–Trinajstić information content (AvgIpc) is 2.90. The smallest absolute Gasteiger partial charge is 0.260 e. The first-order chi connectivity index (χ1) is 17.8. The van der Waals surface area contributed by atoms with Crippen LogP contribution in [0.5, 0.6) is 0 Å². The summed E-state index contributed by atoms with van der Waals surface area (Å²) in [5.74, 6) is -0.940. The topological polar surface area (TPSA) is 118 Å². The number of carbonyl (C=O) groups excluding carboxylic acids is 2. The predicted octanol–water partition coefficient (Wildman–Crippen LogP) is 4.07. The zero-order valence-corrected chi connectivity index (χ0v) is 20.5. The second kappa shape index (κ2) is 9.85. The van der Waals surface area contributed by atoms with Gasteiger partial charge in [-0.3, -0.25) is 14.9 Å². The molecule has 0 aliphatic carbocycles. The van der Waals surface area contributed by atoms with Crippen molar-refractivity contribution in [1.29, 1.82) is 0 Å². The Bertz CT molecular complexity index is 1640. The van der Waals surface area contributed by atoms with E-state index >= 15 is 0 Å². The molecule has 0 fully saturated rings. The Morgan fingerprint density at radius 1 is 0.703 bits per heavy atom. The SMILES string of the molecule is NS(=O)(=O)c1ccc(CNC=C2C(=O)NC(=O)c3ccc(-c4cccc(-c5ccccc5)c4)cc32)cc1. The van der Waals surface area contributed by atoms with Crippen LogP contribution in [0.3, 0.4) is 0 Å². The van der Waals surface area contributed by atoms with E-state index in [-0.39, 0.29) is 4.90 Å². The largest absolute Gasteiger partial charge is 0.386 e. The molecule has 0 unspecified atom stereocenters. The standard InChI is InChI=1S/C29H23N3O4S/c30-37(35,36)24-12-9-19(10-13-24)17-31-18-27-26-16-23(11-14-25(26)28(33)32-29(27)34)22-8-4-7-21(15-22)20-5-2-1-3-6-20/h1-16,18,31H,17H2,(H2,30,35,36)(H,32,33,34). The van der Waals surface area contributed by atoms with Crippen molar-refractivity contribution in [2.24, 2.45) is 5.14 Å². The zero-order valence-electron chi connectivity index (χ0n) is 19.6. The van der Waals surface area contributed by atoms with Crippen LogP contribution in [-0.2, 0) is 21.4 Å². The summed E-state index contributed by atoms with van der Waals surface area (Å²) >= 11 is 0. The predicted molar refractivity (Wildman–Crippen MR) is 142 cm³/mol. The highest BCUT2D eigenvalue weighted by molar-refractivity contribution is 7.89. The molecule has 1 heterocycles. The molecule has 0 radical (unpaired) electrons. The summed E-state index contributed by atoms with van der Waals surface area (Å²) in [6.45, 7) is 0.337. The van der Waals surface area contributed by atoms with Gasteiger partial charge in [0.15, 0.2) is 0 Å². The number of sulfonamides is 1. The summed E-state index contributed by atoms with van der Waals surface area (Å²) in [6.07, 6.45) is 1.57. The molecule has 5 rings (SSSR count). The molecule has 8 heteroatoms. The second-order valence-electron chi connectivity index (χ2n) is 8.62. The van der Waals surface area contributed by atoms with E-state index in [1.54, 1.807) is 24.4 Å². The number of imide groups is 1. The third kappa shape index (κ3) is 5.20. The molecule has 4 aromatic carbocycles. The molecule has 1 aliphatic rings. The van der Waals surface area contributed by atoms with E-state index < -0.39 is 21.8 Å². The van der Waals surface area contributed by atoms with Crippen molar-refractivity contribution in [3.8, 4) is 22.3 Å². The minimum absolute atomic E-state index is 0.0255. The maximum Gasteiger partial charge on any atom is 0.260 e. The Morgan fingerprint density at radius 3 is 2.05 bits per heavy atom. The van der Waals surface area contributed by atoms with Gasteiger partial charge in [0, 0.05) is 23.9 Å². The van der Waals surface area contributed by atoms with Crippen LogP contribution in [-0.4, -0.2) is 20.2 Å². The summed E-state index contributed by atoms with van der Waals surface area (Å²) in [5, 5.41) is 10.6. The van der Waals surface area contributed by atoms with Gasteiger partial charge in [-0.1, -0.05) is 66.7 Å². The molecule has 0 spiro atoms. The number of amides is 2. The van der Waals surface area contributed by atoms with Crippen LogP contribution in [0.4, 0.5) is 0 Å². The monoisotopic (exact) mass is 509 g/mol. The van der Waals surface area contributed by atoms with E-state index in [0.29, 0.717) is 23.2 Å². The van der Waals surface area contributed by atoms with Crippen molar-refractivity contribution in [3.63, 3.8) is 0 Å². The Kier molecular flexibility index (Phi) is 6.43. The minimum atomic E-state index is -3.77. The number of rotatable bonds is 6. The molecule has 37 heavy (non-hydrogen) atoms. The summed E-state index contributed by atoms with van der Waals surface area (Å²) < 4.78 is 22.9. The molecule has 0 bridgehead atoms. The van der Waals surface area contributed by atoms with Gasteiger partial charge in [0.2, 0.25) is 10.0 Å². The lowest BCUT2D eigenvalue weighted by atomic mass is 9.91. The van der Waals surface area contributed by atoms with Crippen molar-refractivity contribution >= 4 is 27.4 Å². The average molecular weight is 510 g/mol. The van der Waals surface area contributed by atoms with Crippen LogP contribution in [0.15, 0.2) is 108 Å². The molecule has 184 valence electrons. The molecule has 4 N–H and O–H groups in total. The lowest BCUT2D eigenvalue weighted by Gasteiger charge is -2.20. The first-order valence-corrected chi connectivity index (χ1v) is 13.1. The van der Waals surface area contributed by atoms with E-state index in [4.69, 9.17) is 5.14 Å². The fourth-order valence-corrected chi connectivity index (χ4v) is 4.74. The van der Waals surface area contributed by atoms with Crippen LogP contribution in [0, 0.1) is 0 Å². The van der Waals surface area contributed by atoms with E-state index in [1.165, 1.54) is 12.1 Å². The summed E-state index contributed by atoms with van der Waals surface area (Å²) in [7, 11) is -3.77. The number of nitrogens with one attached hydrogen (secondary N) is 2. The number of hydrogen-bond donors (Lipinski definition) is 3. The van der Waals surface area contributed by atoms with Crippen LogP contribution in [0.2, 0.25) is 0 Å². The van der Waals surface area contributed by atoms with Gasteiger partial charge >= 0.3 is 0 Å². The van der Waals surface area contributed by atoms with Gasteiger partial charge in [-0.2, -0.15) is 0 Å². The number of hydrogen-bond acceptors (Lipinski definition) is 5. The summed E-state index contributed by atoms with van der Waals surface area (Å²) in [5.41, 5.74) is 6.07. The van der Waals surface area contributed by atoms with Gasteiger partial charge in [0.25, 0.3) is 11.8 Å².